The first-order valence-electron chi connectivity index (χ1n) is 9.40. The maximum atomic E-state index is 12.2. The van der Waals surface area contributed by atoms with Crippen molar-refractivity contribution in [3.8, 4) is 5.75 Å². The van der Waals surface area contributed by atoms with Gasteiger partial charge < -0.3 is 15.0 Å². The third kappa shape index (κ3) is 4.37. The summed E-state index contributed by atoms with van der Waals surface area (Å²) in [6.45, 7) is 7.43. The second kappa shape index (κ2) is 8.26. The average Bonchev–Trinajstić information content (AvgIpc) is 2.64. The molecular formula is C22H28N2O2. The quantitative estimate of drug-likeness (QED) is 0.848. The van der Waals surface area contributed by atoms with Gasteiger partial charge in [0.15, 0.2) is 6.61 Å². The van der Waals surface area contributed by atoms with Crippen LogP contribution in [0.3, 0.4) is 0 Å². The average molecular weight is 352 g/mol. The zero-order chi connectivity index (χ0) is 18.5. The van der Waals surface area contributed by atoms with Crippen molar-refractivity contribution in [3.05, 3.63) is 53.6 Å². The lowest BCUT2D eigenvalue weighted by molar-refractivity contribution is -0.118. The molecule has 1 aliphatic heterocycles. The van der Waals surface area contributed by atoms with Gasteiger partial charge in [0.05, 0.1) is 0 Å². The number of aryl methyl sites for hydroxylation is 1. The van der Waals surface area contributed by atoms with Gasteiger partial charge in [0.2, 0.25) is 0 Å². The van der Waals surface area contributed by atoms with Gasteiger partial charge >= 0.3 is 0 Å². The zero-order valence-corrected chi connectivity index (χ0v) is 15.9. The molecule has 1 fully saturated rings. The number of ether oxygens (including phenoxy) is 1. The van der Waals surface area contributed by atoms with Crippen LogP contribution >= 0.6 is 0 Å². The van der Waals surface area contributed by atoms with Crippen molar-refractivity contribution in [1.82, 2.24) is 0 Å². The second-order valence-corrected chi connectivity index (χ2v) is 7.12. The van der Waals surface area contributed by atoms with Crippen molar-refractivity contribution in [2.45, 2.75) is 46.1 Å². The standard InChI is InChI=1S/C22H28N2O2/c1-16-7-6-9-21(18(16)3)26-15-22(25)23-19-10-12-20(13-11-19)24-14-5-4-8-17(24)2/h6-7,9-13,17H,4-5,8,14-15H2,1-3H3,(H,23,25)/t17-/m0/s1. The van der Waals surface area contributed by atoms with Crippen LogP contribution < -0.4 is 15.0 Å². The molecule has 1 aliphatic rings. The highest BCUT2D eigenvalue weighted by molar-refractivity contribution is 5.92. The molecule has 2 aromatic carbocycles. The summed E-state index contributed by atoms with van der Waals surface area (Å²) in [4.78, 5) is 14.6. The van der Waals surface area contributed by atoms with E-state index in [1.807, 2.05) is 44.2 Å². The van der Waals surface area contributed by atoms with Gasteiger partial charge in [0.1, 0.15) is 5.75 Å². The minimum Gasteiger partial charge on any atom is -0.483 e. The molecule has 0 aliphatic carbocycles. The molecule has 1 atom stereocenters. The highest BCUT2D eigenvalue weighted by Crippen LogP contribution is 2.26. The van der Waals surface area contributed by atoms with Crippen molar-refractivity contribution in [2.24, 2.45) is 0 Å². The summed E-state index contributed by atoms with van der Waals surface area (Å²) in [6, 6.07) is 14.5. The summed E-state index contributed by atoms with van der Waals surface area (Å²) in [5.41, 5.74) is 4.25. The minimum atomic E-state index is -0.148. The predicted molar refractivity (Wildman–Crippen MR) is 107 cm³/mol. The number of nitrogens with one attached hydrogen (secondary N) is 1. The molecule has 0 radical (unpaired) electrons. The monoisotopic (exact) mass is 352 g/mol. The van der Waals surface area contributed by atoms with Crippen LogP contribution in [0.5, 0.6) is 5.75 Å². The van der Waals surface area contributed by atoms with E-state index in [4.69, 9.17) is 4.74 Å². The van der Waals surface area contributed by atoms with Gasteiger partial charge in [-0.2, -0.15) is 0 Å². The molecule has 1 N–H and O–H groups in total. The lowest BCUT2D eigenvalue weighted by Crippen LogP contribution is -2.37. The molecule has 138 valence electrons. The van der Waals surface area contributed by atoms with Crippen LogP contribution in [-0.4, -0.2) is 25.1 Å². The number of carbonyl (C=O) groups is 1. The van der Waals surface area contributed by atoms with E-state index >= 15 is 0 Å². The smallest absolute Gasteiger partial charge is 0.262 e. The molecule has 1 saturated heterocycles. The fraction of sp³-hybridized carbons (Fsp3) is 0.409. The Morgan fingerprint density at radius 3 is 2.65 bits per heavy atom. The summed E-state index contributed by atoms with van der Waals surface area (Å²) in [5, 5.41) is 2.91. The maximum absolute atomic E-state index is 12.2. The van der Waals surface area contributed by atoms with Crippen LogP contribution in [0.15, 0.2) is 42.5 Å². The summed E-state index contributed by atoms with van der Waals surface area (Å²) in [7, 11) is 0. The van der Waals surface area contributed by atoms with Crippen LogP contribution in [0.4, 0.5) is 11.4 Å². The minimum absolute atomic E-state index is 0.00913. The Kier molecular flexibility index (Phi) is 5.82. The van der Waals surface area contributed by atoms with Crippen molar-refractivity contribution < 1.29 is 9.53 Å². The maximum Gasteiger partial charge on any atom is 0.262 e. The van der Waals surface area contributed by atoms with Gasteiger partial charge in [-0.15, -0.1) is 0 Å². The Balaban J connectivity index is 1.55. The molecule has 3 rings (SSSR count). The van der Waals surface area contributed by atoms with E-state index < -0.39 is 0 Å². The molecule has 26 heavy (non-hydrogen) atoms. The Labute approximate surface area is 156 Å². The Morgan fingerprint density at radius 2 is 1.92 bits per heavy atom. The molecule has 0 bridgehead atoms. The van der Waals surface area contributed by atoms with Gasteiger partial charge in [-0.05, 0) is 81.5 Å². The second-order valence-electron chi connectivity index (χ2n) is 7.12. The van der Waals surface area contributed by atoms with Crippen molar-refractivity contribution in [1.29, 1.82) is 0 Å². The molecule has 0 aromatic heterocycles. The SMILES string of the molecule is Cc1cccc(OCC(=O)Nc2ccc(N3CCCC[C@@H]3C)cc2)c1C. The predicted octanol–water partition coefficient (Wildman–Crippen LogP) is 4.70. The fourth-order valence-corrected chi connectivity index (χ4v) is 3.44. The summed E-state index contributed by atoms with van der Waals surface area (Å²) < 4.78 is 5.66. The van der Waals surface area contributed by atoms with Gasteiger partial charge in [-0.1, -0.05) is 12.1 Å². The number of nitrogens with zero attached hydrogens (tertiary/aromatic N) is 1. The van der Waals surface area contributed by atoms with Crippen molar-refractivity contribution in [2.75, 3.05) is 23.4 Å². The van der Waals surface area contributed by atoms with Crippen LogP contribution in [0.1, 0.15) is 37.3 Å². The normalized spacial score (nSPS) is 17.0. The molecular weight excluding hydrogens is 324 g/mol. The number of carbonyl (C=O) groups excluding carboxylic acids is 1. The number of hydrogen-bond donors (Lipinski definition) is 1. The van der Waals surface area contributed by atoms with Crippen LogP contribution in [0, 0.1) is 13.8 Å². The van der Waals surface area contributed by atoms with E-state index in [-0.39, 0.29) is 12.5 Å². The Morgan fingerprint density at radius 1 is 1.15 bits per heavy atom. The highest BCUT2D eigenvalue weighted by Gasteiger charge is 2.18. The molecule has 0 saturated carbocycles. The third-order valence-corrected chi connectivity index (χ3v) is 5.20. The lowest BCUT2D eigenvalue weighted by atomic mass is 10.0. The first-order valence-corrected chi connectivity index (χ1v) is 9.40. The molecule has 4 heteroatoms. The fourth-order valence-electron chi connectivity index (χ4n) is 3.44. The number of amides is 1. The topological polar surface area (TPSA) is 41.6 Å². The van der Waals surface area contributed by atoms with Crippen LogP contribution in [0.2, 0.25) is 0 Å². The Bertz CT molecular complexity index is 755. The van der Waals surface area contributed by atoms with Crippen LogP contribution in [-0.2, 0) is 4.79 Å². The van der Waals surface area contributed by atoms with Crippen molar-refractivity contribution >= 4 is 17.3 Å². The van der Waals surface area contributed by atoms with E-state index in [2.05, 4.69) is 29.3 Å². The van der Waals surface area contributed by atoms with Gasteiger partial charge in [0, 0.05) is 24.0 Å². The number of rotatable bonds is 5. The van der Waals surface area contributed by atoms with E-state index in [0.717, 1.165) is 29.1 Å². The summed E-state index contributed by atoms with van der Waals surface area (Å²) in [5.74, 6) is 0.611. The van der Waals surface area contributed by atoms with Gasteiger partial charge in [-0.25, -0.2) is 0 Å². The van der Waals surface area contributed by atoms with E-state index in [0.29, 0.717) is 6.04 Å². The first kappa shape index (κ1) is 18.3. The molecule has 4 nitrogen and oxygen atoms in total. The molecule has 2 aromatic rings. The van der Waals surface area contributed by atoms with Crippen molar-refractivity contribution in [3.63, 3.8) is 0 Å². The van der Waals surface area contributed by atoms with Crippen LogP contribution in [0.25, 0.3) is 0 Å². The summed E-state index contributed by atoms with van der Waals surface area (Å²) in [6.07, 6.45) is 3.80. The number of anilines is 2. The molecule has 0 unspecified atom stereocenters. The lowest BCUT2D eigenvalue weighted by Gasteiger charge is -2.35. The van der Waals surface area contributed by atoms with E-state index in [1.54, 1.807) is 0 Å². The molecule has 1 heterocycles. The Hall–Kier alpha value is -2.49. The van der Waals surface area contributed by atoms with Gasteiger partial charge in [0.25, 0.3) is 5.91 Å². The zero-order valence-electron chi connectivity index (χ0n) is 15.9. The third-order valence-electron chi connectivity index (χ3n) is 5.20. The van der Waals surface area contributed by atoms with E-state index in [1.165, 1.54) is 24.9 Å². The first-order chi connectivity index (χ1) is 12.5. The molecule has 1 amide bonds. The number of benzene rings is 2. The highest BCUT2D eigenvalue weighted by atomic mass is 16.5. The summed E-state index contributed by atoms with van der Waals surface area (Å²) >= 11 is 0. The van der Waals surface area contributed by atoms with E-state index in [9.17, 15) is 4.79 Å². The number of piperidine rings is 1. The molecule has 0 spiro atoms. The largest absolute Gasteiger partial charge is 0.483 e. The van der Waals surface area contributed by atoms with Gasteiger partial charge in [-0.3, -0.25) is 4.79 Å². The number of hydrogen-bond acceptors (Lipinski definition) is 3.